The zero-order chi connectivity index (χ0) is 25.1. The van der Waals surface area contributed by atoms with Crippen molar-refractivity contribution in [2.24, 2.45) is 11.7 Å². The number of aliphatic hydroxyl groups excluding tert-OH is 1. The van der Waals surface area contributed by atoms with Gasteiger partial charge >= 0.3 is 5.97 Å². The molecule has 0 heterocycles. The number of carboxylic acids is 1. The van der Waals surface area contributed by atoms with Crippen LogP contribution in [-0.2, 0) is 25.6 Å². The largest absolute Gasteiger partial charge is 0.508 e. The molecule has 12 heteroatoms. The number of nitrogens with two attached hydrogens (primary N) is 1. The van der Waals surface area contributed by atoms with Crippen molar-refractivity contribution in [1.29, 1.82) is 0 Å². The van der Waals surface area contributed by atoms with Crippen LogP contribution in [-0.4, -0.2) is 75.5 Å². The average Bonchev–Trinajstić information content (AvgIpc) is 2.79. The van der Waals surface area contributed by atoms with Gasteiger partial charge in [0.1, 0.15) is 23.9 Å². The Kier molecular flexibility index (Phi) is 11.7. The van der Waals surface area contributed by atoms with Crippen LogP contribution in [0.2, 0.25) is 0 Å². The molecule has 0 radical (unpaired) electrons. The molecule has 0 bridgehead atoms. The Balaban J connectivity index is 2.82. The van der Waals surface area contributed by atoms with Crippen molar-refractivity contribution in [2.75, 3.05) is 12.4 Å². The lowest BCUT2D eigenvalue weighted by molar-refractivity contribution is -0.143. The molecule has 0 spiro atoms. The molecule has 0 saturated heterocycles. The molecule has 0 aliphatic heterocycles. The van der Waals surface area contributed by atoms with E-state index in [-0.39, 0.29) is 23.8 Å². The number of carbonyl (C=O) groups is 4. The number of benzene rings is 1. The van der Waals surface area contributed by atoms with Gasteiger partial charge in [-0.15, -0.1) is 0 Å². The number of aliphatic hydroxyl groups is 1. The van der Waals surface area contributed by atoms with Gasteiger partial charge in [-0.25, -0.2) is 4.79 Å². The van der Waals surface area contributed by atoms with Crippen molar-refractivity contribution >= 4 is 36.3 Å². The van der Waals surface area contributed by atoms with Crippen LogP contribution in [0.1, 0.15) is 25.8 Å². The summed E-state index contributed by atoms with van der Waals surface area (Å²) in [5.74, 6) is -3.84. The highest BCUT2D eigenvalue weighted by Gasteiger charge is 2.32. The van der Waals surface area contributed by atoms with E-state index in [0.717, 1.165) is 0 Å². The topological polar surface area (TPSA) is 191 Å². The predicted molar refractivity (Wildman–Crippen MR) is 124 cm³/mol. The van der Waals surface area contributed by atoms with E-state index >= 15 is 0 Å². The van der Waals surface area contributed by atoms with Crippen LogP contribution >= 0.6 is 12.6 Å². The summed E-state index contributed by atoms with van der Waals surface area (Å²) in [6, 6.07) is 1.50. The van der Waals surface area contributed by atoms with Crippen LogP contribution in [0, 0.1) is 5.92 Å². The number of phenolic OH excluding ortho intramolecular Hbond substituents is 1. The zero-order valence-corrected chi connectivity index (χ0v) is 19.4. The molecular formula is C21H32N4O7S. The maximum absolute atomic E-state index is 12.8. The standard InChI is InChI=1S/C21H32N4O7S/c1-3-11(2)17(20(30)23-15(9-26)21(31)32)25-19(29)16(10-33)24-18(28)14(22)8-12-4-6-13(27)7-5-12/h4-7,11,14-17,26-27,33H,3,8-10,22H2,1-2H3,(H,23,30)(H,24,28)(H,25,29)(H,31,32). The number of carbonyl (C=O) groups excluding carboxylic acids is 3. The fourth-order valence-electron chi connectivity index (χ4n) is 2.85. The van der Waals surface area contributed by atoms with E-state index in [1.54, 1.807) is 26.0 Å². The molecule has 11 nitrogen and oxygen atoms in total. The number of phenols is 1. The molecule has 184 valence electrons. The van der Waals surface area contributed by atoms with Crippen LogP contribution in [0.5, 0.6) is 5.75 Å². The molecule has 1 aromatic carbocycles. The lowest BCUT2D eigenvalue weighted by Gasteiger charge is -2.27. The summed E-state index contributed by atoms with van der Waals surface area (Å²) in [4.78, 5) is 48.9. The van der Waals surface area contributed by atoms with Crippen molar-refractivity contribution in [3.8, 4) is 5.75 Å². The molecule has 1 aromatic rings. The highest BCUT2D eigenvalue weighted by atomic mass is 32.1. The lowest BCUT2D eigenvalue weighted by Crippen LogP contribution is -2.59. The SMILES string of the molecule is CCC(C)C(NC(=O)C(CS)NC(=O)C(N)Cc1ccc(O)cc1)C(=O)NC(CO)C(=O)O. The van der Waals surface area contributed by atoms with Crippen molar-refractivity contribution < 1.29 is 34.5 Å². The molecule has 0 saturated carbocycles. The van der Waals surface area contributed by atoms with E-state index in [2.05, 4.69) is 28.6 Å². The fraction of sp³-hybridized carbons (Fsp3) is 0.524. The number of hydrogen-bond acceptors (Lipinski definition) is 8. The number of amides is 3. The molecule has 33 heavy (non-hydrogen) atoms. The van der Waals surface area contributed by atoms with E-state index in [0.29, 0.717) is 12.0 Å². The second-order valence-corrected chi connectivity index (χ2v) is 8.04. The number of thiol groups is 1. The van der Waals surface area contributed by atoms with Crippen LogP contribution in [0.15, 0.2) is 24.3 Å². The van der Waals surface area contributed by atoms with Gasteiger partial charge in [0.25, 0.3) is 0 Å². The zero-order valence-electron chi connectivity index (χ0n) is 18.5. The first-order valence-electron chi connectivity index (χ1n) is 10.4. The average molecular weight is 485 g/mol. The monoisotopic (exact) mass is 484 g/mol. The second-order valence-electron chi connectivity index (χ2n) is 7.67. The third-order valence-electron chi connectivity index (χ3n) is 5.13. The number of carboxylic acid groups (broad SMARTS) is 1. The Morgan fingerprint density at radius 2 is 1.58 bits per heavy atom. The first-order valence-corrected chi connectivity index (χ1v) is 11.1. The molecule has 8 N–H and O–H groups in total. The minimum absolute atomic E-state index is 0.0766. The maximum atomic E-state index is 12.8. The smallest absolute Gasteiger partial charge is 0.328 e. The summed E-state index contributed by atoms with van der Waals surface area (Å²) in [6.45, 7) is 2.68. The lowest BCUT2D eigenvalue weighted by atomic mass is 9.97. The first-order chi connectivity index (χ1) is 15.5. The molecule has 0 aliphatic carbocycles. The molecule has 5 atom stereocenters. The van der Waals surface area contributed by atoms with Gasteiger partial charge < -0.3 is 37.0 Å². The van der Waals surface area contributed by atoms with E-state index in [9.17, 15) is 24.3 Å². The fourth-order valence-corrected chi connectivity index (χ4v) is 3.11. The van der Waals surface area contributed by atoms with E-state index < -0.39 is 54.5 Å². The van der Waals surface area contributed by atoms with E-state index in [4.69, 9.17) is 15.9 Å². The quantitative estimate of drug-likeness (QED) is 0.160. The van der Waals surface area contributed by atoms with Crippen LogP contribution in [0.25, 0.3) is 0 Å². The van der Waals surface area contributed by atoms with Crippen molar-refractivity contribution in [1.82, 2.24) is 16.0 Å². The molecule has 0 fully saturated rings. The Hall–Kier alpha value is -2.83. The summed E-state index contributed by atoms with van der Waals surface area (Å²) in [6.07, 6.45) is 0.660. The first kappa shape index (κ1) is 28.2. The summed E-state index contributed by atoms with van der Waals surface area (Å²) in [5.41, 5.74) is 6.65. The number of hydrogen-bond donors (Lipinski definition) is 8. The molecular weight excluding hydrogens is 452 g/mol. The summed E-state index contributed by atoms with van der Waals surface area (Å²) in [7, 11) is 0. The van der Waals surface area contributed by atoms with Gasteiger partial charge in [0.2, 0.25) is 17.7 Å². The van der Waals surface area contributed by atoms with Crippen molar-refractivity contribution in [2.45, 2.75) is 50.9 Å². The van der Waals surface area contributed by atoms with Gasteiger partial charge in [-0.2, -0.15) is 12.6 Å². The molecule has 5 unspecified atom stereocenters. The summed E-state index contributed by atoms with van der Waals surface area (Å²) < 4.78 is 0. The van der Waals surface area contributed by atoms with Gasteiger partial charge in [-0.3, -0.25) is 14.4 Å². The molecule has 0 aliphatic rings. The Morgan fingerprint density at radius 1 is 1.00 bits per heavy atom. The van der Waals surface area contributed by atoms with Gasteiger partial charge in [0, 0.05) is 5.75 Å². The number of rotatable bonds is 13. The molecule has 3 amide bonds. The highest BCUT2D eigenvalue weighted by Crippen LogP contribution is 2.12. The van der Waals surface area contributed by atoms with Crippen LogP contribution in [0.4, 0.5) is 0 Å². The Morgan fingerprint density at radius 3 is 2.06 bits per heavy atom. The summed E-state index contributed by atoms with van der Waals surface area (Å²) in [5, 5.41) is 34.7. The third-order valence-corrected chi connectivity index (χ3v) is 5.50. The Bertz CT molecular complexity index is 821. The van der Waals surface area contributed by atoms with Crippen molar-refractivity contribution in [3.63, 3.8) is 0 Å². The maximum Gasteiger partial charge on any atom is 0.328 e. The molecule has 0 aromatic heterocycles. The number of nitrogens with one attached hydrogen (secondary N) is 3. The van der Waals surface area contributed by atoms with Gasteiger partial charge in [-0.05, 0) is 30.0 Å². The van der Waals surface area contributed by atoms with Gasteiger partial charge in [0.15, 0.2) is 0 Å². The highest BCUT2D eigenvalue weighted by molar-refractivity contribution is 7.80. The summed E-state index contributed by atoms with van der Waals surface area (Å²) >= 11 is 4.10. The number of aromatic hydroxyl groups is 1. The number of aliphatic carboxylic acids is 1. The Labute approximate surface area is 197 Å². The molecule has 1 rings (SSSR count). The normalized spacial score (nSPS) is 15.4. The van der Waals surface area contributed by atoms with Gasteiger partial charge in [-0.1, -0.05) is 32.4 Å². The van der Waals surface area contributed by atoms with Crippen LogP contribution in [0.3, 0.4) is 0 Å². The predicted octanol–water partition coefficient (Wildman–Crippen LogP) is -1.23. The van der Waals surface area contributed by atoms with E-state index in [1.807, 2.05) is 0 Å². The minimum atomic E-state index is -1.51. The van der Waals surface area contributed by atoms with E-state index in [1.165, 1.54) is 12.1 Å². The minimum Gasteiger partial charge on any atom is -0.508 e. The third kappa shape index (κ3) is 8.91. The second kappa shape index (κ2) is 13.7. The van der Waals surface area contributed by atoms with Crippen molar-refractivity contribution in [3.05, 3.63) is 29.8 Å². The van der Waals surface area contributed by atoms with Gasteiger partial charge in [0.05, 0.1) is 12.6 Å². The van der Waals surface area contributed by atoms with Crippen LogP contribution < -0.4 is 21.7 Å².